The van der Waals surface area contributed by atoms with Gasteiger partial charge in [0.25, 0.3) is 11.8 Å². The van der Waals surface area contributed by atoms with Crippen LogP contribution in [0.4, 0.5) is 0 Å². The molecular weight excluding hydrogens is 360 g/mol. The second-order valence-corrected chi connectivity index (χ2v) is 6.41. The molecule has 0 aliphatic carbocycles. The maximum Gasteiger partial charge on any atom is 0.260 e. The fraction of sp³-hybridized carbons (Fsp3) is 0.333. The number of para-hydroxylation sites is 1. The van der Waals surface area contributed by atoms with Crippen LogP contribution >= 0.6 is 0 Å². The Morgan fingerprint density at radius 1 is 1.21 bits per heavy atom. The number of hydrogen-bond donors (Lipinski definition) is 1. The summed E-state index contributed by atoms with van der Waals surface area (Å²) in [6.45, 7) is 1.64. The van der Waals surface area contributed by atoms with Crippen molar-refractivity contribution < 1.29 is 23.8 Å². The lowest BCUT2D eigenvalue weighted by Crippen LogP contribution is -2.34. The van der Waals surface area contributed by atoms with Crippen molar-refractivity contribution in [1.29, 1.82) is 0 Å². The fourth-order valence-electron chi connectivity index (χ4n) is 3.04. The molecule has 28 heavy (non-hydrogen) atoms. The van der Waals surface area contributed by atoms with Gasteiger partial charge in [-0.15, -0.1) is 0 Å². The number of rotatable bonds is 7. The van der Waals surface area contributed by atoms with Crippen molar-refractivity contribution in [1.82, 2.24) is 10.2 Å². The van der Waals surface area contributed by atoms with E-state index in [9.17, 15) is 9.59 Å². The molecule has 1 aliphatic heterocycles. The zero-order valence-corrected chi connectivity index (χ0v) is 16.1. The molecule has 0 spiro atoms. The van der Waals surface area contributed by atoms with Gasteiger partial charge in [0.1, 0.15) is 11.5 Å². The summed E-state index contributed by atoms with van der Waals surface area (Å²) >= 11 is 0. The normalized spacial score (nSPS) is 13.4. The first kappa shape index (κ1) is 19.7. The third-order valence-electron chi connectivity index (χ3n) is 4.58. The number of fused-ring (bicyclic) bond motifs is 1. The highest BCUT2D eigenvalue weighted by Crippen LogP contribution is 2.25. The van der Waals surface area contributed by atoms with Gasteiger partial charge in [-0.3, -0.25) is 9.59 Å². The summed E-state index contributed by atoms with van der Waals surface area (Å²) in [7, 11) is 3.20. The molecule has 0 aromatic heterocycles. The second-order valence-electron chi connectivity index (χ2n) is 6.41. The molecule has 2 amide bonds. The molecule has 0 bridgehead atoms. The van der Waals surface area contributed by atoms with Crippen LogP contribution in [0.5, 0.6) is 11.5 Å². The molecule has 148 valence electrons. The van der Waals surface area contributed by atoms with Crippen LogP contribution < -0.4 is 14.8 Å². The first-order valence-corrected chi connectivity index (χ1v) is 9.05. The molecule has 0 saturated carbocycles. The standard InChI is InChI=1S/C21H24N2O5/c1-26-10-9-23-13-17-11-15(7-8-19(17)28-14-20(23)24)21(25)22-12-16-5-3-4-6-18(16)27-2/h3-8,11H,9-10,12-14H2,1-2H3,(H,22,25). The van der Waals surface area contributed by atoms with E-state index in [1.165, 1.54) is 0 Å². The van der Waals surface area contributed by atoms with Crippen molar-refractivity contribution >= 4 is 11.8 Å². The van der Waals surface area contributed by atoms with Gasteiger partial charge in [-0.1, -0.05) is 18.2 Å². The van der Waals surface area contributed by atoms with Crippen molar-refractivity contribution in [2.75, 3.05) is 34.0 Å². The number of nitrogens with one attached hydrogen (secondary N) is 1. The monoisotopic (exact) mass is 384 g/mol. The lowest BCUT2D eigenvalue weighted by Gasteiger charge is -2.19. The van der Waals surface area contributed by atoms with Crippen molar-refractivity contribution in [2.45, 2.75) is 13.1 Å². The molecule has 1 heterocycles. The van der Waals surface area contributed by atoms with E-state index in [0.717, 1.165) is 16.9 Å². The van der Waals surface area contributed by atoms with E-state index >= 15 is 0 Å². The maximum absolute atomic E-state index is 12.6. The molecule has 7 heteroatoms. The van der Waals surface area contributed by atoms with Gasteiger partial charge in [-0.2, -0.15) is 0 Å². The lowest BCUT2D eigenvalue weighted by molar-refractivity contribution is -0.133. The number of ether oxygens (including phenoxy) is 3. The van der Waals surface area contributed by atoms with Gasteiger partial charge < -0.3 is 24.4 Å². The largest absolute Gasteiger partial charge is 0.496 e. The topological polar surface area (TPSA) is 77.1 Å². The zero-order chi connectivity index (χ0) is 19.9. The highest BCUT2D eigenvalue weighted by Gasteiger charge is 2.22. The van der Waals surface area contributed by atoms with Crippen molar-refractivity contribution in [3.05, 3.63) is 59.2 Å². The van der Waals surface area contributed by atoms with E-state index < -0.39 is 0 Å². The van der Waals surface area contributed by atoms with Gasteiger partial charge in [-0.25, -0.2) is 0 Å². The third kappa shape index (κ3) is 4.61. The fourth-order valence-corrected chi connectivity index (χ4v) is 3.04. The minimum atomic E-state index is -0.201. The summed E-state index contributed by atoms with van der Waals surface area (Å²) in [4.78, 5) is 26.5. The molecule has 3 rings (SSSR count). The average molecular weight is 384 g/mol. The zero-order valence-electron chi connectivity index (χ0n) is 16.1. The van der Waals surface area contributed by atoms with Gasteiger partial charge in [-0.05, 0) is 24.3 Å². The molecule has 0 unspecified atom stereocenters. The summed E-state index contributed by atoms with van der Waals surface area (Å²) in [5, 5.41) is 2.91. The summed E-state index contributed by atoms with van der Waals surface area (Å²) in [6, 6.07) is 12.7. The average Bonchev–Trinajstić information content (AvgIpc) is 2.88. The van der Waals surface area contributed by atoms with Gasteiger partial charge >= 0.3 is 0 Å². The van der Waals surface area contributed by atoms with E-state index in [-0.39, 0.29) is 18.4 Å². The number of benzene rings is 2. The van der Waals surface area contributed by atoms with Crippen LogP contribution in [0, 0.1) is 0 Å². The Bertz CT molecular complexity index is 852. The maximum atomic E-state index is 12.6. The van der Waals surface area contributed by atoms with Crippen molar-refractivity contribution in [3.63, 3.8) is 0 Å². The molecule has 7 nitrogen and oxygen atoms in total. The first-order valence-electron chi connectivity index (χ1n) is 9.05. The molecule has 1 aliphatic rings. The third-order valence-corrected chi connectivity index (χ3v) is 4.58. The quantitative estimate of drug-likeness (QED) is 0.790. The number of methoxy groups -OCH3 is 2. The lowest BCUT2D eigenvalue weighted by atomic mass is 10.1. The number of carbonyl (C=O) groups excluding carboxylic acids is 2. The summed E-state index contributed by atoms with van der Waals surface area (Å²) in [5.41, 5.74) is 2.21. The van der Waals surface area contributed by atoms with Crippen LogP contribution in [0.25, 0.3) is 0 Å². The van der Waals surface area contributed by atoms with Crippen molar-refractivity contribution in [3.8, 4) is 11.5 Å². The summed E-state index contributed by atoms with van der Waals surface area (Å²) in [6.07, 6.45) is 0. The van der Waals surface area contributed by atoms with Crippen LogP contribution in [0.1, 0.15) is 21.5 Å². The predicted molar refractivity (Wildman–Crippen MR) is 103 cm³/mol. The number of amides is 2. The molecule has 0 radical (unpaired) electrons. The Morgan fingerprint density at radius 3 is 2.82 bits per heavy atom. The Labute approximate surface area is 164 Å². The van der Waals surface area contributed by atoms with E-state index in [2.05, 4.69) is 5.32 Å². The van der Waals surface area contributed by atoms with Gasteiger partial charge in [0.05, 0.1) is 13.7 Å². The second kappa shape index (κ2) is 9.23. The minimum absolute atomic E-state index is 0.0178. The summed E-state index contributed by atoms with van der Waals surface area (Å²) < 4.78 is 16.0. The van der Waals surface area contributed by atoms with E-state index in [1.807, 2.05) is 24.3 Å². The predicted octanol–water partition coefficient (Wildman–Crippen LogP) is 1.99. The SMILES string of the molecule is COCCN1Cc2cc(C(=O)NCc3ccccc3OC)ccc2OCC1=O. The Kier molecular flexibility index (Phi) is 6.49. The summed E-state index contributed by atoms with van der Waals surface area (Å²) in [5.74, 6) is 1.04. The van der Waals surface area contributed by atoms with Crippen molar-refractivity contribution in [2.24, 2.45) is 0 Å². The first-order chi connectivity index (χ1) is 13.6. The Balaban J connectivity index is 1.71. The molecule has 0 atom stereocenters. The van der Waals surface area contributed by atoms with Crippen LogP contribution in [0.3, 0.4) is 0 Å². The number of carbonyl (C=O) groups is 2. The highest BCUT2D eigenvalue weighted by molar-refractivity contribution is 5.94. The molecule has 1 N–H and O–H groups in total. The van der Waals surface area contributed by atoms with E-state index in [4.69, 9.17) is 14.2 Å². The van der Waals surface area contributed by atoms with Gasteiger partial charge in [0.15, 0.2) is 6.61 Å². The Morgan fingerprint density at radius 2 is 2.04 bits per heavy atom. The molecule has 2 aromatic rings. The van der Waals surface area contributed by atoms with E-state index in [0.29, 0.717) is 37.6 Å². The number of hydrogen-bond acceptors (Lipinski definition) is 5. The van der Waals surface area contributed by atoms with Gasteiger partial charge in [0, 0.05) is 43.4 Å². The molecule has 2 aromatic carbocycles. The smallest absolute Gasteiger partial charge is 0.260 e. The highest BCUT2D eigenvalue weighted by atomic mass is 16.5. The van der Waals surface area contributed by atoms with Crippen LogP contribution in [-0.2, 0) is 22.6 Å². The number of nitrogens with zero attached hydrogens (tertiary/aromatic N) is 1. The molecule has 0 saturated heterocycles. The minimum Gasteiger partial charge on any atom is -0.496 e. The van der Waals surface area contributed by atoms with Crippen LogP contribution in [-0.4, -0.2) is 50.7 Å². The molecular formula is C21H24N2O5. The Hall–Kier alpha value is -3.06. The van der Waals surface area contributed by atoms with Gasteiger partial charge in [0.2, 0.25) is 0 Å². The van der Waals surface area contributed by atoms with E-state index in [1.54, 1.807) is 37.3 Å². The van der Waals surface area contributed by atoms with Crippen LogP contribution in [0.2, 0.25) is 0 Å². The van der Waals surface area contributed by atoms with Crippen LogP contribution in [0.15, 0.2) is 42.5 Å². The molecule has 0 fully saturated rings.